The molecule has 1 amide bonds. The van der Waals surface area contributed by atoms with Gasteiger partial charge in [-0.25, -0.2) is 0 Å². The van der Waals surface area contributed by atoms with Crippen molar-refractivity contribution in [2.45, 2.75) is 11.8 Å². The van der Waals surface area contributed by atoms with Crippen molar-refractivity contribution in [2.75, 3.05) is 0 Å². The highest BCUT2D eigenvalue weighted by Crippen LogP contribution is 2.05. The first-order valence-electron chi connectivity index (χ1n) is 1.76. The number of carbonyl (C=O) groups is 1. The van der Waals surface area contributed by atoms with Gasteiger partial charge in [-0.3, -0.25) is 4.79 Å². The van der Waals surface area contributed by atoms with Crippen molar-refractivity contribution in [1.82, 2.24) is 5.32 Å². The number of hydrogen-bond donors (Lipinski definition) is 2. The lowest BCUT2D eigenvalue weighted by Gasteiger charge is -2.20. The molecular weight excluding hydrogens is 98.1 g/mol. The molecule has 0 saturated carbocycles. The molecule has 6 heavy (non-hydrogen) atoms. The van der Waals surface area contributed by atoms with Crippen molar-refractivity contribution in [2.24, 2.45) is 0 Å². The molecule has 1 aliphatic heterocycles. The van der Waals surface area contributed by atoms with Crippen LogP contribution in [0.1, 0.15) is 6.42 Å². The summed E-state index contributed by atoms with van der Waals surface area (Å²) in [6.07, 6.45) is 0.586. The molecular formula is C3H5NOS. The topological polar surface area (TPSA) is 29.1 Å². The Balaban J connectivity index is 2.28. The van der Waals surface area contributed by atoms with Gasteiger partial charge in [0.2, 0.25) is 5.91 Å². The highest BCUT2D eigenvalue weighted by molar-refractivity contribution is 7.81. The van der Waals surface area contributed by atoms with Gasteiger partial charge in [-0.1, -0.05) is 0 Å². The average Bonchev–Trinajstić information content (AvgIpc) is 1.33. The van der Waals surface area contributed by atoms with Gasteiger partial charge in [0.1, 0.15) is 0 Å². The normalized spacial score (nSPS) is 31.5. The maximum absolute atomic E-state index is 9.95. The molecule has 34 valence electrons. The molecule has 2 nitrogen and oxygen atoms in total. The molecule has 1 saturated heterocycles. The summed E-state index contributed by atoms with van der Waals surface area (Å²) in [6, 6.07) is 0. The van der Waals surface area contributed by atoms with Crippen LogP contribution in [0.25, 0.3) is 0 Å². The van der Waals surface area contributed by atoms with E-state index < -0.39 is 0 Å². The molecule has 1 N–H and O–H groups in total. The number of rotatable bonds is 0. The average molecular weight is 103 g/mol. The van der Waals surface area contributed by atoms with Crippen LogP contribution in [-0.2, 0) is 4.79 Å². The Morgan fingerprint density at radius 3 is 2.50 bits per heavy atom. The quantitative estimate of drug-likeness (QED) is 0.321. The summed E-state index contributed by atoms with van der Waals surface area (Å²) >= 11 is 3.91. The molecule has 1 atom stereocenters. The van der Waals surface area contributed by atoms with Crippen molar-refractivity contribution < 1.29 is 4.79 Å². The van der Waals surface area contributed by atoms with Gasteiger partial charge in [-0.15, -0.1) is 0 Å². The number of amides is 1. The maximum Gasteiger partial charge on any atom is 0.223 e. The third kappa shape index (κ3) is 0.497. The highest BCUT2D eigenvalue weighted by atomic mass is 32.1. The minimum absolute atomic E-state index is 0.106. The minimum atomic E-state index is 0.106. The lowest BCUT2D eigenvalue weighted by Crippen LogP contribution is -2.44. The number of thiol groups is 1. The number of hydrogen-bond acceptors (Lipinski definition) is 2. The number of β-lactam (4-membered cyclic amide) rings is 1. The molecule has 3 heteroatoms. The van der Waals surface area contributed by atoms with Gasteiger partial charge in [0.25, 0.3) is 0 Å². The SMILES string of the molecule is O=C1C[C@H](S)N1. The van der Waals surface area contributed by atoms with Gasteiger partial charge in [0, 0.05) is 0 Å². The van der Waals surface area contributed by atoms with Gasteiger partial charge in [-0.2, -0.15) is 12.6 Å². The summed E-state index contributed by atoms with van der Waals surface area (Å²) in [7, 11) is 0. The van der Waals surface area contributed by atoms with E-state index in [4.69, 9.17) is 0 Å². The van der Waals surface area contributed by atoms with Crippen LogP contribution in [0.15, 0.2) is 0 Å². The zero-order chi connectivity index (χ0) is 4.57. The Morgan fingerprint density at radius 2 is 2.50 bits per heavy atom. The zero-order valence-corrected chi connectivity index (χ0v) is 4.03. The fourth-order valence-electron chi connectivity index (χ4n) is 0.340. The molecule has 0 bridgehead atoms. The molecule has 0 spiro atoms. The third-order valence-corrected chi connectivity index (χ3v) is 1.02. The van der Waals surface area contributed by atoms with E-state index in [9.17, 15) is 4.79 Å². The number of carbonyl (C=O) groups excluding carboxylic acids is 1. The van der Waals surface area contributed by atoms with Gasteiger partial charge >= 0.3 is 0 Å². The minimum Gasteiger partial charge on any atom is -0.344 e. The summed E-state index contributed by atoms with van der Waals surface area (Å²) in [5.41, 5.74) is 0. The fraction of sp³-hybridized carbons (Fsp3) is 0.667. The monoisotopic (exact) mass is 103 g/mol. The van der Waals surface area contributed by atoms with E-state index in [1.165, 1.54) is 0 Å². The molecule has 0 unspecified atom stereocenters. The van der Waals surface area contributed by atoms with Gasteiger partial charge < -0.3 is 5.32 Å². The van der Waals surface area contributed by atoms with Gasteiger partial charge in [0.05, 0.1) is 11.8 Å². The summed E-state index contributed by atoms with van der Waals surface area (Å²) in [5.74, 6) is 0.106. The summed E-state index contributed by atoms with van der Waals surface area (Å²) in [6.45, 7) is 0. The second-order valence-electron chi connectivity index (χ2n) is 1.29. The second-order valence-corrected chi connectivity index (χ2v) is 1.91. The summed E-state index contributed by atoms with van der Waals surface area (Å²) < 4.78 is 0. The van der Waals surface area contributed by atoms with Crippen molar-refractivity contribution >= 4 is 18.5 Å². The molecule has 1 fully saturated rings. The fourth-order valence-corrected chi connectivity index (χ4v) is 0.650. The predicted molar refractivity (Wildman–Crippen MR) is 25.5 cm³/mol. The highest BCUT2D eigenvalue weighted by Gasteiger charge is 2.19. The van der Waals surface area contributed by atoms with Crippen molar-refractivity contribution in [3.05, 3.63) is 0 Å². The van der Waals surface area contributed by atoms with E-state index in [0.29, 0.717) is 6.42 Å². The van der Waals surface area contributed by atoms with E-state index in [1.807, 2.05) is 0 Å². The van der Waals surface area contributed by atoms with Crippen LogP contribution in [0.3, 0.4) is 0 Å². The Labute approximate surface area is 41.3 Å². The molecule has 0 aromatic rings. The molecule has 1 aliphatic rings. The van der Waals surface area contributed by atoms with E-state index in [0.717, 1.165) is 0 Å². The maximum atomic E-state index is 9.95. The summed E-state index contributed by atoms with van der Waals surface area (Å²) in [5, 5.41) is 2.67. The first kappa shape index (κ1) is 3.99. The van der Waals surface area contributed by atoms with E-state index in [2.05, 4.69) is 17.9 Å². The molecule has 1 heterocycles. The van der Waals surface area contributed by atoms with Gasteiger partial charge in [0.15, 0.2) is 0 Å². The molecule has 0 aromatic carbocycles. The smallest absolute Gasteiger partial charge is 0.223 e. The molecule has 0 aromatic heterocycles. The third-order valence-electron chi connectivity index (χ3n) is 0.706. The lowest BCUT2D eigenvalue weighted by molar-refractivity contribution is -0.126. The summed E-state index contributed by atoms with van der Waals surface area (Å²) in [4.78, 5) is 9.95. The Kier molecular flexibility index (Phi) is 0.765. The van der Waals surface area contributed by atoms with Crippen LogP contribution in [0.4, 0.5) is 0 Å². The van der Waals surface area contributed by atoms with Crippen molar-refractivity contribution in [1.29, 1.82) is 0 Å². The zero-order valence-electron chi connectivity index (χ0n) is 3.14. The second kappa shape index (κ2) is 1.15. The van der Waals surface area contributed by atoms with Gasteiger partial charge in [-0.05, 0) is 0 Å². The van der Waals surface area contributed by atoms with Crippen LogP contribution >= 0.6 is 12.6 Å². The Bertz CT molecular complexity index is 74.9. The Hall–Kier alpha value is -0.180. The lowest BCUT2D eigenvalue weighted by atomic mass is 10.3. The van der Waals surface area contributed by atoms with Crippen molar-refractivity contribution in [3.8, 4) is 0 Å². The predicted octanol–water partition coefficient (Wildman–Crippen LogP) is -0.238. The van der Waals surface area contributed by atoms with Crippen LogP contribution in [0.5, 0.6) is 0 Å². The van der Waals surface area contributed by atoms with E-state index in [-0.39, 0.29) is 11.3 Å². The molecule has 0 radical (unpaired) electrons. The van der Waals surface area contributed by atoms with E-state index >= 15 is 0 Å². The van der Waals surface area contributed by atoms with Crippen LogP contribution in [-0.4, -0.2) is 11.3 Å². The first-order valence-corrected chi connectivity index (χ1v) is 2.28. The molecule has 0 aliphatic carbocycles. The van der Waals surface area contributed by atoms with Crippen LogP contribution in [0, 0.1) is 0 Å². The molecule has 1 rings (SSSR count). The largest absolute Gasteiger partial charge is 0.344 e. The first-order chi connectivity index (χ1) is 2.79. The van der Waals surface area contributed by atoms with Crippen LogP contribution in [0.2, 0.25) is 0 Å². The number of nitrogens with one attached hydrogen (secondary N) is 1. The van der Waals surface area contributed by atoms with E-state index in [1.54, 1.807) is 0 Å². The standard InChI is InChI=1S/C3H5NOS/c5-2-1-3(6)4-2/h3,6H,1H2,(H,4,5)/t3-/m0/s1. The van der Waals surface area contributed by atoms with Crippen LogP contribution < -0.4 is 5.32 Å². The van der Waals surface area contributed by atoms with Crippen molar-refractivity contribution in [3.63, 3.8) is 0 Å². The Morgan fingerprint density at radius 1 is 2.00 bits per heavy atom.